The van der Waals surface area contributed by atoms with Crippen LogP contribution < -0.4 is 15.4 Å². The van der Waals surface area contributed by atoms with E-state index in [-0.39, 0.29) is 16.4 Å². The molecule has 0 bridgehead atoms. The highest BCUT2D eigenvalue weighted by Gasteiger charge is 2.31. The lowest BCUT2D eigenvalue weighted by atomic mass is 10.1. The van der Waals surface area contributed by atoms with Crippen LogP contribution in [0.25, 0.3) is 0 Å². The monoisotopic (exact) mass is 374 g/mol. The fourth-order valence-electron chi connectivity index (χ4n) is 1.80. The zero-order valence-corrected chi connectivity index (χ0v) is 14.1. The Labute approximate surface area is 145 Å². The zero-order valence-electron chi connectivity index (χ0n) is 12.4. The fourth-order valence-corrected chi connectivity index (χ4v) is 2.57. The lowest BCUT2D eigenvalue weighted by Crippen LogP contribution is -2.33. The molecular formula is C15H13F3N2O2S2. The maximum atomic E-state index is 12.9. The van der Waals surface area contributed by atoms with Crippen LogP contribution in [0.15, 0.2) is 35.7 Å². The van der Waals surface area contributed by atoms with Crippen molar-refractivity contribution >= 4 is 40.1 Å². The van der Waals surface area contributed by atoms with Gasteiger partial charge in [-0.1, -0.05) is 18.3 Å². The highest BCUT2D eigenvalue weighted by atomic mass is 32.1. The van der Waals surface area contributed by atoms with Gasteiger partial charge in [-0.25, -0.2) is 0 Å². The Kier molecular flexibility index (Phi) is 5.79. The van der Waals surface area contributed by atoms with E-state index in [9.17, 15) is 18.0 Å². The number of carbonyl (C=O) groups excluding carboxylic acids is 1. The molecule has 2 aromatic rings. The molecular weight excluding hydrogens is 361 g/mol. The third kappa shape index (κ3) is 4.93. The predicted molar refractivity (Wildman–Crippen MR) is 90.4 cm³/mol. The number of anilines is 1. The van der Waals surface area contributed by atoms with E-state index in [1.54, 1.807) is 0 Å². The van der Waals surface area contributed by atoms with Crippen molar-refractivity contribution in [1.82, 2.24) is 5.32 Å². The Hall–Kier alpha value is -2.13. The fraction of sp³-hybridized carbons (Fsp3) is 0.200. The number of thiocarbonyl (C=S) groups is 1. The summed E-state index contributed by atoms with van der Waals surface area (Å²) in [6.45, 7) is 0.371. The van der Waals surface area contributed by atoms with Crippen molar-refractivity contribution < 1.29 is 22.7 Å². The van der Waals surface area contributed by atoms with Gasteiger partial charge in [0.25, 0.3) is 5.91 Å². The highest BCUT2D eigenvalue weighted by molar-refractivity contribution is 7.82. The Bertz CT molecular complexity index is 731. The maximum Gasteiger partial charge on any atom is 0.416 e. The van der Waals surface area contributed by atoms with Crippen LogP contribution >= 0.6 is 23.6 Å². The molecule has 2 rings (SSSR count). The lowest BCUT2D eigenvalue weighted by Gasteiger charge is -2.13. The van der Waals surface area contributed by atoms with Gasteiger partial charge in [-0.3, -0.25) is 4.79 Å². The van der Waals surface area contributed by atoms with E-state index in [1.807, 2.05) is 17.5 Å². The van der Waals surface area contributed by atoms with Gasteiger partial charge >= 0.3 is 6.18 Å². The number of amides is 1. The zero-order chi connectivity index (χ0) is 17.7. The van der Waals surface area contributed by atoms with E-state index in [4.69, 9.17) is 17.0 Å². The molecule has 2 N–H and O–H groups in total. The predicted octanol–water partition coefficient (Wildman–Crippen LogP) is 3.83. The van der Waals surface area contributed by atoms with Gasteiger partial charge in [0.1, 0.15) is 5.75 Å². The lowest BCUT2D eigenvalue weighted by molar-refractivity contribution is -0.137. The molecule has 1 amide bonds. The first-order valence-corrected chi connectivity index (χ1v) is 7.96. The second-order valence-electron chi connectivity index (χ2n) is 4.66. The number of alkyl halides is 3. The first-order valence-electron chi connectivity index (χ1n) is 6.67. The molecule has 1 heterocycles. The molecule has 1 aromatic carbocycles. The minimum absolute atomic E-state index is 0.0161. The van der Waals surface area contributed by atoms with Gasteiger partial charge in [-0.2, -0.15) is 13.2 Å². The van der Waals surface area contributed by atoms with Crippen molar-refractivity contribution in [3.8, 4) is 5.75 Å². The molecule has 0 radical (unpaired) electrons. The third-order valence-electron chi connectivity index (χ3n) is 2.94. The van der Waals surface area contributed by atoms with Crippen LogP contribution in [-0.4, -0.2) is 18.0 Å². The molecule has 9 heteroatoms. The number of carbonyl (C=O) groups is 1. The van der Waals surface area contributed by atoms with Gasteiger partial charge in [-0.15, -0.1) is 11.3 Å². The number of ether oxygens (including phenoxy) is 1. The molecule has 0 aliphatic heterocycles. The number of rotatable bonds is 4. The van der Waals surface area contributed by atoms with Crippen LogP contribution in [-0.2, 0) is 17.5 Å². The van der Waals surface area contributed by atoms with Crippen LogP contribution in [0.1, 0.15) is 10.4 Å². The summed E-state index contributed by atoms with van der Waals surface area (Å²) in [4.78, 5) is 12.9. The van der Waals surface area contributed by atoms with Crippen LogP contribution in [0.4, 0.5) is 18.9 Å². The second kappa shape index (κ2) is 7.63. The standard InChI is InChI=1S/C15H13F3N2O2S2/c1-22-11-6-9(15(16,17)18)5-10(7-11)20-13(21)14(23)19-8-12-3-2-4-24-12/h2-7H,8H2,1H3,(H,19,23)(H,20,21). The van der Waals surface area contributed by atoms with E-state index in [1.165, 1.54) is 24.5 Å². The summed E-state index contributed by atoms with van der Waals surface area (Å²) in [6, 6.07) is 6.69. The summed E-state index contributed by atoms with van der Waals surface area (Å²) in [7, 11) is 1.24. The molecule has 0 saturated carbocycles. The molecule has 0 spiro atoms. The summed E-state index contributed by atoms with van der Waals surface area (Å²) in [5.41, 5.74) is -0.971. The van der Waals surface area contributed by atoms with E-state index in [0.29, 0.717) is 6.54 Å². The smallest absolute Gasteiger partial charge is 0.416 e. The maximum absolute atomic E-state index is 12.9. The van der Waals surface area contributed by atoms with E-state index < -0.39 is 17.6 Å². The quantitative estimate of drug-likeness (QED) is 0.799. The number of benzene rings is 1. The minimum Gasteiger partial charge on any atom is -0.497 e. The van der Waals surface area contributed by atoms with Gasteiger partial charge in [0.05, 0.1) is 19.2 Å². The molecule has 1 aromatic heterocycles. The Morgan fingerprint density at radius 2 is 2.08 bits per heavy atom. The number of methoxy groups -OCH3 is 1. The summed E-state index contributed by atoms with van der Waals surface area (Å²) in [5.74, 6) is -0.708. The molecule has 0 saturated heterocycles. The topological polar surface area (TPSA) is 50.4 Å². The second-order valence-corrected chi connectivity index (χ2v) is 6.10. The van der Waals surface area contributed by atoms with E-state index in [0.717, 1.165) is 17.0 Å². The average molecular weight is 374 g/mol. The molecule has 0 atom stereocenters. The molecule has 0 fully saturated rings. The van der Waals surface area contributed by atoms with E-state index in [2.05, 4.69) is 10.6 Å². The Balaban J connectivity index is 2.06. The van der Waals surface area contributed by atoms with Gasteiger partial charge < -0.3 is 15.4 Å². The van der Waals surface area contributed by atoms with Gasteiger partial charge in [0.15, 0.2) is 4.99 Å². The molecule has 0 aliphatic carbocycles. The van der Waals surface area contributed by atoms with Crippen LogP contribution in [0, 0.1) is 0 Å². The first-order chi connectivity index (χ1) is 11.3. The van der Waals surface area contributed by atoms with Crippen molar-refractivity contribution in [2.24, 2.45) is 0 Å². The molecule has 0 unspecified atom stereocenters. The van der Waals surface area contributed by atoms with Gasteiger partial charge in [0, 0.05) is 16.6 Å². The van der Waals surface area contributed by atoms with Crippen LogP contribution in [0.5, 0.6) is 5.75 Å². The third-order valence-corrected chi connectivity index (χ3v) is 4.14. The van der Waals surface area contributed by atoms with Crippen molar-refractivity contribution in [2.45, 2.75) is 12.7 Å². The Morgan fingerprint density at radius 3 is 2.67 bits per heavy atom. The summed E-state index contributed by atoms with van der Waals surface area (Å²) in [5, 5.41) is 6.98. The number of thiophene rings is 1. The SMILES string of the molecule is COc1cc(NC(=O)C(=S)NCc2cccs2)cc(C(F)(F)F)c1. The molecule has 24 heavy (non-hydrogen) atoms. The largest absolute Gasteiger partial charge is 0.497 e. The molecule has 0 aliphatic rings. The normalized spacial score (nSPS) is 11.0. The first kappa shape index (κ1) is 18.2. The number of nitrogens with one attached hydrogen (secondary N) is 2. The summed E-state index contributed by atoms with van der Waals surface area (Å²) in [6.07, 6.45) is -4.55. The summed E-state index contributed by atoms with van der Waals surface area (Å²) >= 11 is 6.44. The van der Waals surface area contributed by atoms with Gasteiger partial charge in [-0.05, 0) is 23.6 Å². The number of hydrogen-bond donors (Lipinski definition) is 2. The van der Waals surface area contributed by atoms with Crippen LogP contribution in [0.2, 0.25) is 0 Å². The van der Waals surface area contributed by atoms with Gasteiger partial charge in [0.2, 0.25) is 0 Å². The molecule has 4 nitrogen and oxygen atoms in total. The van der Waals surface area contributed by atoms with Crippen molar-refractivity contribution in [3.63, 3.8) is 0 Å². The number of halogens is 3. The van der Waals surface area contributed by atoms with Crippen molar-refractivity contribution in [1.29, 1.82) is 0 Å². The Morgan fingerprint density at radius 1 is 1.33 bits per heavy atom. The average Bonchev–Trinajstić information content (AvgIpc) is 3.04. The van der Waals surface area contributed by atoms with Crippen LogP contribution in [0.3, 0.4) is 0 Å². The summed E-state index contributed by atoms with van der Waals surface area (Å²) < 4.78 is 43.4. The molecule has 128 valence electrons. The highest BCUT2D eigenvalue weighted by Crippen LogP contribution is 2.34. The van der Waals surface area contributed by atoms with Crippen molar-refractivity contribution in [2.75, 3.05) is 12.4 Å². The minimum atomic E-state index is -4.55. The van der Waals surface area contributed by atoms with Crippen molar-refractivity contribution in [3.05, 3.63) is 46.2 Å². The number of hydrogen-bond acceptors (Lipinski definition) is 4. The van der Waals surface area contributed by atoms with E-state index >= 15 is 0 Å².